The zero-order chi connectivity index (χ0) is 7.28. The summed E-state index contributed by atoms with van der Waals surface area (Å²) in [5.74, 6) is 2.31. The van der Waals surface area contributed by atoms with Gasteiger partial charge in [0.05, 0.1) is 7.85 Å². The van der Waals surface area contributed by atoms with Gasteiger partial charge in [0.1, 0.15) is 0 Å². The molecule has 2 atom stereocenters. The molecule has 0 saturated heterocycles. The van der Waals surface area contributed by atoms with Crippen LogP contribution in [0.1, 0.15) is 20.3 Å². The van der Waals surface area contributed by atoms with Gasteiger partial charge in [-0.3, -0.25) is 0 Å². The van der Waals surface area contributed by atoms with Gasteiger partial charge in [-0.05, 0) is 17.6 Å². The first-order valence-corrected chi connectivity index (χ1v) is 4.20. The average Bonchev–Trinajstić information content (AvgIpc) is 1.90. The van der Waals surface area contributed by atoms with Crippen LogP contribution in [0.4, 0.5) is 0 Å². The molecule has 0 aromatic carbocycles. The fourth-order valence-corrected chi connectivity index (χ4v) is 1.52. The van der Waals surface area contributed by atoms with E-state index < -0.39 is 0 Å². The summed E-state index contributed by atoms with van der Waals surface area (Å²) in [4.78, 5) is 0. The molecular weight excluding hydrogens is 127 g/mol. The van der Waals surface area contributed by atoms with Crippen molar-refractivity contribution in [2.75, 3.05) is 5.75 Å². The Morgan fingerprint density at radius 1 is 1.56 bits per heavy atom. The summed E-state index contributed by atoms with van der Waals surface area (Å²) in [6, 6.07) is 0. The van der Waals surface area contributed by atoms with Crippen LogP contribution in [0.25, 0.3) is 0 Å². The maximum atomic E-state index is 5.49. The van der Waals surface area contributed by atoms with Crippen molar-refractivity contribution in [2.24, 2.45) is 11.8 Å². The monoisotopic (exact) mass is 142 g/mol. The van der Waals surface area contributed by atoms with Gasteiger partial charge in [0, 0.05) is 0 Å². The molecule has 0 N–H and O–H groups in total. The maximum Gasteiger partial charge on any atom is 0.0656 e. The Morgan fingerprint density at radius 2 is 2.11 bits per heavy atom. The van der Waals surface area contributed by atoms with Gasteiger partial charge in [-0.1, -0.05) is 26.6 Å². The minimum Gasteiger partial charge on any atom is -0.179 e. The van der Waals surface area contributed by atoms with Crippen LogP contribution in [-0.2, 0) is 0 Å². The van der Waals surface area contributed by atoms with Crippen LogP contribution in [0.5, 0.6) is 0 Å². The van der Waals surface area contributed by atoms with E-state index in [2.05, 4.69) is 26.5 Å². The van der Waals surface area contributed by atoms with Crippen molar-refractivity contribution < 1.29 is 0 Å². The van der Waals surface area contributed by atoms with Crippen LogP contribution in [0, 0.1) is 11.8 Å². The third-order valence-electron chi connectivity index (χ3n) is 1.94. The fourth-order valence-electron chi connectivity index (χ4n) is 0.904. The Kier molecular flexibility index (Phi) is 5.46. The lowest BCUT2D eigenvalue weighted by Crippen LogP contribution is -2.11. The zero-order valence-corrected chi connectivity index (χ0v) is 7.20. The highest BCUT2D eigenvalue weighted by Crippen LogP contribution is 2.18. The molecule has 0 saturated carbocycles. The summed E-state index contributed by atoms with van der Waals surface area (Å²) in [5, 5.41) is 0. The Bertz CT molecular complexity index is 61.9. The lowest BCUT2D eigenvalue weighted by atomic mass is 9.83. The SMILES string of the molecule is [B]CC(C)C(CC)CS. The Hall–Kier alpha value is 0.415. The molecule has 0 fully saturated rings. The molecule has 0 aromatic heterocycles. The van der Waals surface area contributed by atoms with Crippen molar-refractivity contribution in [3.63, 3.8) is 0 Å². The van der Waals surface area contributed by atoms with Crippen LogP contribution >= 0.6 is 12.6 Å². The van der Waals surface area contributed by atoms with Crippen LogP contribution < -0.4 is 0 Å². The first-order valence-electron chi connectivity index (χ1n) is 3.57. The molecule has 0 heterocycles. The van der Waals surface area contributed by atoms with Gasteiger partial charge in [0.2, 0.25) is 0 Å². The number of thiol groups is 1. The third kappa shape index (κ3) is 3.19. The van der Waals surface area contributed by atoms with E-state index in [1.165, 1.54) is 6.42 Å². The van der Waals surface area contributed by atoms with Crippen LogP contribution in [0.3, 0.4) is 0 Å². The van der Waals surface area contributed by atoms with E-state index in [1.54, 1.807) is 0 Å². The molecule has 52 valence electrons. The van der Waals surface area contributed by atoms with Crippen molar-refractivity contribution in [3.8, 4) is 0 Å². The molecule has 2 heteroatoms. The minimum atomic E-state index is 0.632. The highest BCUT2D eigenvalue weighted by molar-refractivity contribution is 7.80. The molecule has 0 aliphatic heterocycles. The van der Waals surface area contributed by atoms with Gasteiger partial charge in [-0.15, -0.1) is 0 Å². The van der Waals surface area contributed by atoms with E-state index in [9.17, 15) is 0 Å². The van der Waals surface area contributed by atoms with Gasteiger partial charge in [0.15, 0.2) is 0 Å². The second kappa shape index (κ2) is 5.22. The summed E-state index contributed by atoms with van der Waals surface area (Å²) in [6.45, 7) is 4.37. The Morgan fingerprint density at radius 3 is 2.22 bits per heavy atom. The largest absolute Gasteiger partial charge is 0.179 e. The topological polar surface area (TPSA) is 0 Å². The van der Waals surface area contributed by atoms with Crippen LogP contribution in [0.15, 0.2) is 0 Å². The predicted molar refractivity (Wildman–Crippen MR) is 47.4 cm³/mol. The normalized spacial score (nSPS) is 17.2. The van der Waals surface area contributed by atoms with E-state index >= 15 is 0 Å². The summed E-state index contributed by atoms with van der Waals surface area (Å²) in [5.41, 5.74) is 0. The lowest BCUT2D eigenvalue weighted by Gasteiger charge is -2.18. The van der Waals surface area contributed by atoms with Crippen LogP contribution in [-0.4, -0.2) is 13.6 Å². The molecule has 2 radical (unpaired) electrons. The summed E-state index contributed by atoms with van der Waals surface area (Å²) in [7, 11) is 5.49. The first-order chi connectivity index (χ1) is 4.26. The van der Waals surface area contributed by atoms with Crippen molar-refractivity contribution in [3.05, 3.63) is 0 Å². The maximum absolute atomic E-state index is 5.49. The van der Waals surface area contributed by atoms with Gasteiger partial charge < -0.3 is 0 Å². The smallest absolute Gasteiger partial charge is 0.0656 e. The molecular formula is C7H15BS. The van der Waals surface area contributed by atoms with Crippen molar-refractivity contribution in [1.82, 2.24) is 0 Å². The quantitative estimate of drug-likeness (QED) is 0.451. The fraction of sp³-hybridized carbons (Fsp3) is 1.00. The van der Waals surface area contributed by atoms with Gasteiger partial charge in [-0.2, -0.15) is 12.6 Å². The number of hydrogen-bond donors (Lipinski definition) is 1. The molecule has 2 unspecified atom stereocenters. The third-order valence-corrected chi connectivity index (χ3v) is 2.40. The van der Waals surface area contributed by atoms with E-state index in [0.29, 0.717) is 11.8 Å². The van der Waals surface area contributed by atoms with Crippen molar-refractivity contribution in [2.45, 2.75) is 26.6 Å². The highest BCUT2D eigenvalue weighted by Gasteiger charge is 2.10. The minimum absolute atomic E-state index is 0.632. The second-order valence-corrected chi connectivity index (χ2v) is 2.93. The molecule has 9 heavy (non-hydrogen) atoms. The van der Waals surface area contributed by atoms with Gasteiger partial charge in [-0.25, -0.2) is 0 Å². The summed E-state index contributed by atoms with van der Waals surface area (Å²) < 4.78 is 0. The first kappa shape index (κ1) is 9.41. The Labute approximate surface area is 65.2 Å². The van der Waals surface area contributed by atoms with Gasteiger partial charge in [0.25, 0.3) is 0 Å². The van der Waals surface area contributed by atoms with E-state index in [0.717, 1.165) is 12.1 Å². The van der Waals surface area contributed by atoms with Gasteiger partial charge >= 0.3 is 0 Å². The summed E-state index contributed by atoms with van der Waals surface area (Å²) in [6.07, 6.45) is 1.99. The molecule has 0 aliphatic rings. The molecule has 0 spiro atoms. The highest BCUT2D eigenvalue weighted by atomic mass is 32.1. The zero-order valence-electron chi connectivity index (χ0n) is 6.30. The van der Waals surface area contributed by atoms with Crippen molar-refractivity contribution >= 4 is 20.5 Å². The average molecular weight is 142 g/mol. The van der Waals surface area contributed by atoms with E-state index in [1.807, 2.05) is 0 Å². The number of rotatable bonds is 4. The van der Waals surface area contributed by atoms with E-state index in [4.69, 9.17) is 7.85 Å². The molecule has 0 nitrogen and oxygen atoms in total. The molecule has 0 aliphatic carbocycles. The number of hydrogen-bond acceptors (Lipinski definition) is 1. The van der Waals surface area contributed by atoms with E-state index in [-0.39, 0.29) is 0 Å². The molecule has 0 aromatic rings. The summed E-state index contributed by atoms with van der Waals surface area (Å²) >= 11 is 4.23. The Balaban J connectivity index is 3.50. The predicted octanol–water partition coefficient (Wildman–Crippen LogP) is 2.17. The molecule has 0 amide bonds. The van der Waals surface area contributed by atoms with Crippen molar-refractivity contribution in [1.29, 1.82) is 0 Å². The molecule has 0 bridgehead atoms. The standard InChI is InChI=1S/C7H15BS/c1-3-7(5-9)6(2)4-8/h6-7,9H,3-5H2,1-2H3. The van der Waals surface area contributed by atoms with Crippen LogP contribution in [0.2, 0.25) is 6.32 Å². The molecule has 0 rings (SSSR count). The lowest BCUT2D eigenvalue weighted by molar-refractivity contribution is 0.416. The second-order valence-electron chi connectivity index (χ2n) is 2.56.